The van der Waals surface area contributed by atoms with Crippen LogP contribution in [0, 0.1) is 0 Å². The van der Waals surface area contributed by atoms with Crippen LogP contribution in [0.1, 0.15) is 0 Å². The summed E-state index contributed by atoms with van der Waals surface area (Å²) in [4.78, 5) is 23.8. The van der Waals surface area contributed by atoms with E-state index in [2.05, 4.69) is 20.7 Å². The maximum absolute atomic E-state index is 12.6. The van der Waals surface area contributed by atoms with Gasteiger partial charge in [0.15, 0.2) is 0 Å². The fourth-order valence-electron chi connectivity index (χ4n) is 2.46. The molecule has 2 aromatic carbocycles. The molecule has 0 amide bonds. The van der Waals surface area contributed by atoms with E-state index in [-0.39, 0.29) is 4.90 Å². The third-order valence-electron chi connectivity index (χ3n) is 3.87. The summed E-state index contributed by atoms with van der Waals surface area (Å²) in [5, 5.41) is 0. The summed E-state index contributed by atoms with van der Waals surface area (Å²) in [7, 11) is -0.931. The number of aryl methyl sites for hydroxylation is 2. The van der Waals surface area contributed by atoms with Gasteiger partial charge in [-0.05, 0) is 42.5 Å². The number of hydrogen-bond acceptors (Lipinski definition) is 4. The van der Waals surface area contributed by atoms with Gasteiger partial charge in [-0.15, -0.1) is 0 Å². The Hall–Kier alpha value is -2.39. The lowest BCUT2D eigenvalue weighted by Gasteiger charge is -2.12. The lowest BCUT2D eigenvalue weighted by Crippen LogP contribution is -2.39. The minimum absolute atomic E-state index is 0.00318. The molecule has 0 unspecified atom stereocenters. The Morgan fingerprint density at radius 1 is 0.880 bits per heavy atom. The fraction of sp³-hybridized carbons (Fsp3) is 0.125. The molecule has 0 aliphatic heterocycles. The Morgan fingerprint density at radius 2 is 1.44 bits per heavy atom. The van der Waals surface area contributed by atoms with Crippen LogP contribution in [0.3, 0.4) is 0 Å². The van der Waals surface area contributed by atoms with Crippen LogP contribution in [-0.2, 0) is 24.1 Å². The van der Waals surface area contributed by atoms with E-state index in [9.17, 15) is 18.0 Å². The fourth-order valence-corrected chi connectivity index (χ4v) is 3.80. The Morgan fingerprint density at radius 3 is 2.04 bits per heavy atom. The minimum Gasteiger partial charge on any atom is -0.305 e. The number of sulfonamides is 1. The lowest BCUT2D eigenvalue weighted by molar-refractivity contribution is 0.601. The van der Waals surface area contributed by atoms with Crippen molar-refractivity contribution >= 4 is 42.7 Å². The molecule has 9 heteroatoms. The summed E-state index contributed by atoms with van der Waals surface area (Å²) in [6.45, 7) is 0. The average molecular weight is 424 g/mol. The molecular weight excluding hydrogens is 410 g/mol. The van der Waals surface area contributed by atoms with Crippen LogP contribution in [0.5, 0.6) is 0 Å². The van der Waals surface area contributed by atoms with Crippen molar-refractivity contribution in [1.29, 1.82) is 0 Å². The van der Waals surface area contributed by atoms with Gasteiger partial charge in [0.25, 0.3) is 10.0 Å². The number of rotatable bonds is 3. The van der Waals surface area contributed by atoms with Crippen molar-refractivity contribution in [2.45, 2.75) is 4.90 Å². The van der Waals surface area contributed by atoms with Gasteiger partial charge >= 0.3 is 11.1 Å². The van der Waals surface area contributed by atoms with Crippen molar-refractivity contribution in [3.05, 3.63) is 67.6 Å². The standard InChI is InChI=1S/C16H14BrN3O4S/c1-19-13-8-7-12(9-14(13)20(2)16(22)15(19)21)25(23,24)18-11-5-3-10(17)4-6-11/h3-9,18H,1-2H3. The topological polar surface area (TPSA) is 90.2 Å². The number of fused-ring (bicyclic) bond motifs is 1. The summed E-state index contributed by atoms with van der Waals surface area (Å²) in [6.07, 6.45) is 0. The second-order valence-electron chi connectivity index (χ2n) is 5.49. The highest BCUT2D eigenvalue weighted by molar-refractivity contribution is 9.10. The zero-order chi connectivity index (χ0) is 18.4. The first-order valence-corrected chi connectivity index (χ1v) is 9.46. The van der Waals surface area contributed by atoms with E-state index < -0.39 is 21.1 Å². The van der Waals surface area contributed by atoms with E-state index in [1.54, 1.807) is 24.3 Å². The largest absolute Gasteiger partial charge is 0.316 e. The number of anilines is 1. The first-order chi connectivity index (χ1) is 11.7. The summed E-state index contributed by atoms with van der Waals surface area (Å²) >= 11 is 3.29. The summed E-state index contributed by atoms with van der Waals surface area (Å²) in [6, 6.07) is 11.0. The quantitative estimate of drug-likeness (QED) is 0.650. The van der Waals surface area contributed by atoms with Crippen LogP contribution in [0.25, 0.3) is 11.0 Å². The maximum atomic E-state index is 12.6. The third kappa shape index (κ3) is 3.12. The van der Waals surface area contributed by atoms with Crippen LogP contribution >= 0.6 is 15.9 Å². The van der Waals surface area contributed by atoms with Gasteiger partial charge in [-0.1, -0.05) is 15.9 Å². The highest BCUT2D eigenvalue weighted by atomic mass is 79.9. The second kappa shape index (κ2) is 6.16. The predicted octanol–water partition coefficient (Wildman–Crippen LogP) is 1.80. The summed E-state index contributed by atoms with van der Waals surface area (Å²) in [5.74, 6) is 0. The molecule has 0 aliphatic carbocycles. The van der Waals surface area contributed by atoms with E-state index in [1.807, 2.05) is 0 Å². The average Bonchev–Trinajstić information content (AvgIpc) is 2.59. The van der Waals surface area contributed by atoms with Crippen LogP contribution < -0.4 is 15.8 Å². The van der Waals surface area contributed by atoms with Gasteiger partial charge in [-0.3, -0.25) is 14.3 Å². The molecule has 0 atom stereocenters. The molecule has 3 rings (SSSR count). The van der Waals surface area contributed by atoms with Gasteiger partial charge in [0.05, 0.1) is 15.9 Å². The van der Waals surface area contributed by atoms with E-state index in [0.717, 1.165) is 9.04 Å². The smallest absolute Gasteiger partial charge is 0.305 e. The number of hydrogen-bond donors (Lipinski definition) is 1. The van der Waals surface area contributed by atoms with E-state index in [4.69, 9.17) is 0 Å². The summed E-state index contributed by atoms with van der Waals surface area (Å²) in [5.41, 5.74) is -0.151. The first kappa shape index (κ1) is 17.4. The molecule has 7 nitrogen and oxygen atoms in total. The van der Waals surface area contributed by atoms with Crippen molar-refractivity contribution in [2.75, 3.05) is 4.72 Å². The SMILES string of the molecule is Cn1c(=O)c(=O)n(C)c2cc(S(=O)(=O)Nc3ccc(Br)cc3)ccc21. The molecule has 1 N–H and O–H groups in total. The Bertz CT molecular complexity index is 1200. The molecule has 1 aromatic heterocycles. The number of benzene rings is 2. The first-order valence-electron chi connectivity index (χ1n) is 7.19. The molecule has 0 bridgehead atoms. The monoisotopic (exact) mass is 423 g/mol. The summed E-state index contributed by atoms with van der Waals surface area (Å²) < 4.78 is 30.9. The van der Waals surface area contributed by atoms with Crippen LogP contribution in [0.15, 0.2) is 61.4 Å². The Balaban J connectivity index is 2.14. The molecule has 130 valence electrons. The molecule has 0 radical (unpaired) electrons. The molecule has 3 aromatic rings. The van der Waals surface area contributed by atoms with E-state index in [1.165, 1.54) is 36.9 Å². The van der Waals surface area contributed by atoms with E-state index >= 15 is 0 Å². The van der Waals surface area contributed by atoms with Crippen molar-refractivity contribution in [3.8, 4) is 0 Å². The molecule has 25 heavy (non-hydrogen) atoms. The van der Waals surface area contributed by atoms with Gasteiger partial charge in [0.2, 0.25) is 0 Å². The lowest BCUT2D eigenvalue weighted by atomic mass is 10.3. The zero-order valence-electron chi connectivity index (χ0n) is 13.4. The van der Waals surface area contributed by atoms with Crippen molar-refractivity contribution in [3.63, 3.8) is 0 Å². The number of halogens is 1. The molecule has 0 spiro atoms. The normalized spacial score (nSPS) is 11.6. The van der Waals surface area contributed by atoms with Gasteiger partial charge in [0, 0.05) is 24.3 Å². The van der Waals surface area contributed by atoms with Gasteiger partial charge in [-0.2, -0.15) is 0 Å². The highest BCUT2D eigenvalue weighted by Crippen LogP contribution is 2.21. The second-order valence-corrected chi connectivity index (χ2v) is 8.09. The predicted molar refractivity (Wildman–Crippen MR) is 99.4 cm³/mol. The number of nitrogens with one attached hydrogen (secondary N) is 1. The Kier molecular flexibility index (Phi) is 4.29. The van der Waals surface area contributed by atoms with Gasteiger partial charge < -0.3 is 9.13 Å². The Labute approximate surface area is 151 Å². The van der Waals surface area contributed by atoms with Gasteiger partial charge in [0.1, 0.15) is 0 Å². The van der Waals surface area contributed by atoms with Crippen molar-refractivity contribution in [2.24, 2.45) is 14.1 Å². The number of nitrogens with zero attached hydrogens (tertiary/aromatic N) is 2. The molecule has 0 saturated carbocycles. The molecular formula is C16H14BrN3O4S. The molecule has 0 saturated heterocycles. The third-order valence-corrected chi connectivity index (χ3v) is 5.78. The van der Waals surface area contributed by atoms with Crippen molar-refractivity contribution in [1.82, 2.24) is 9.13 Å². The zero-order valence-corrected chi connectivity index (χ0v) is 15.8. The molecule has 0 aliphatic rings. The number of aromatic nitrogens is 2. The molecule has 0 fully saturated rings. The molecule has 1 heterocycles. The van der Waals surface area contributed by atoms with Crippen LogP contribution in [0.2, 0.25) is 0 Å². The van der Waals surface area contributed by atoms with Crippen LogP contribution in [-0.4, -0.2) is 17.6 Å². The van der Waals surface area contributed by atoms with Crippen LogP contribution in [0.4, 0.5) is 5.69 Å². The highest BCUT2D eigenvalue weighted by Gasteiger charge is 2.17. The van der Waals surface area contributed by atoms with Gasteiger partial charge in [-0.25, -0.2) is 8.42 Å². The maximum Gasteiger partial charge on any atom is 0.316 e. The van der Waals surface area contributed by atoms with Crippen molar-refractivity contribution < 1.29 is 8.42 Å². The minimum atomic E-state index is -3.84. The van der Waals surface area contributed by atoms with E-state index in [0.29, 0.717) is 16.7 Å².